The quantitative estimate of drug-likeness (QED) is 0.574. The Labute approximate surface area is 166 Å². The zero-order valence-electron chi connectivity index (χ0n) is 17.0. The number of fused-ring (bicyclic) bond motifs is 5. The Morgan fingerprint density at radius 3 is 2.57 bits per heavy atom. The fourth-order valence-corrected chi connectivity index (χ4v) is 6.95. The van der Waals surface area contributed by atoms with E-state index in [1.54, 1.807) is 0 Å². The molecule has 0 bridgehead atoms. The number of carboxylic acids is 1. The lowest BCUT2D eigenvalue weighted by molar-refractivity contribution is -0.154. The molecule has 154 valence electrons. The van der Waals surface area contributed by atoms with Gasteiger partial charge in [0.1, 0.15) is 11.9 Å². The highest BCUT2D eigenvalue weighted by Gasteiger charge is 2.58. The second-order valence-corrected chi connectivity index (χ2v) is 9.93. The van der Waals surface area contributed by atoms with Crippen LogP contribution in [0.2, 0.25) is 0 Å². The molecule has 0 amide bonds. The van der Waals surface area contributed by atoms with E-state index >= 15 is 0 Å². The van der Waals surface area contributed by atoms with Gasteiger partial charge in [-0.3, -0.25) is 14.4 Å². The van der Waals surface area contributed by atoms with Crippen LogP contribution < -0.4 is 0 Å². The molecule has 0 heterocycles. The number of allylic oxidation sites excluding steroid dienone is 1. The third-order valence-electron chi connectivity index (χ3n) is 8.61. The van der Waals surface area contributed by atoms with E-state index in [0.29, 0.717) is 23.5 Å². The fourth-order valence-electron chi connectivity index (χ4n) is 6.95. The van der Waals surface area contributed by atoms with Crippen LogP contribution in [0, 0.1) is 28.6 Å². The predicted molar refractivity (Wildman–Crippen MR) is 103 cm³/mol. The number of carboxylic acid groups (broad SMARTS) is 1. The standard InChI is InChI=1S/C23H32O5/c1-22-11-9-15(28-21(27)8-7-20(25)26)13-14(22)3-4-16-17-5-6-19(24)23(17,2)12-10-18(16)22/h3,15-18H,4-13H2,1-2H3,(H,25,26)/t15-,16+,17-,18+,22-,23-/m0/s1. The topological polar surface area (TPSA) is 80.7 Å². The number of ketones is 1. The predicted octanol–water partition coefficient (Wildman–Crippen LogP) is 4.29. The first-order valence-corrected chi connectivity index (χ1v) is 10.9. The van der Waals surface area contributed by atoms with Crippen molar-refractivity contribution in [1.82, 2.24) is 0 Å². The van der Waals surface area contributed by atoms with Crippen molar-refractivity contribution in [2.75, 3.05) is 0 Å². The lowest BCUT2D eigenvalue weighted by atomic mass is 9.48. The number of Topliss-reactive ketones (excluding diaryl/α,β-unsaturated/α-hetero) is 1. The summed E-state index contributed by atoms with van der Waals surface area (Å²) in [5.41, 5.74) is 1.48. The van der Waals surface area contributed by atoms with Crippen LogP contribution in [0.4, 0.5) is 0 Å². The van der Waals surface area contributed by atoms with E-state index in [9.17, 15) is 14.4 Å². The maximum Gasteiger partial charge on any atom is 0.306 e. The molecule has 6 atom stereocenters. The second kappa shape index (κ2) is 7.00. The summed E-state index contributed by atoms with van der Waals surface area (Å²) in [6.07, 6.45) is 9.66. The van der Waals surface area contributed by atoms with Gasteiger partial charge < -0.3 is 9.84 Å². The molecule has 5 heteroatoms. The van der Waals surface area contributed by atoms with Crippen molar-refractivity contribution in [3.8, 4) is 0 Å². The first-order valence-electron chi connectivity index (χ1n) is 10.9. The summed E-state index contributed by atoms with van der Waals surface area (Å²) >= 11 is 0. The number of hydrogen-bond donors (Lipinski definition) is 1. The average Bonchev–Trinajstić information content (AvgIpc) is 2.95. The third-order valence-corrected chi connectivity index (χ3v) is 8.61. The Morgan fingerprint density at radius 1 is 1.11 bits per heavy atom. The summed E-state index contributed by atoms with van der Waals surface area (Å²) in [7, 11) is 0. The molecule has 4 aliphatic carbocycles. The van der Waals surface area contributed by atoms with E-state index in [1.165, 1.54) is 5.57 Å². The van der Waals surface area contributed by atoms with Crippen LogP contribution in [-0.4, -0.2) is 28.9 Å². The molecule has 3 saturated carbocycles. The summed E-state index contributed by atoms with van der Waals surface area (Å²) in [5.74, 6) is 0.869. The molecule has 28 heavy (non-hydrogen) atoms. The molecule has 3 fully saturated rings. The smallest absolute Gasteiger partial charge is 0.306 e. The van der Waals surface area contributed by atoms with E-state index < -0.39 is 11.9 Å². The summed E-state index contributed by atoms with van der Waals surface area (Å²) in [4.78, 5) is 35.1. The molecule has 0 unspecified atom stereocenters. The molecule has 0 aliphatic heterocycles. The van der Waals surface area contributed by atoms with Crippen molar-refractivity contribution in [3.05, 3.63) is 11.6 Å². The minimum absolute atomic E-state index is 0.0544. The van der Waals surface area contributed by atoms with Crippen molar-refractivity contribution in [1.29, 1.82) is 0 Å². The average molecular weight is 389 g/mol. The van der Waals surface area contributed by atoms with Gasteiger partial charge in [-0.25, -0.2) is 0 Å². The van der Waals surface area contributed by atoms with Crippen molar-refractivity contribution in [2.45, 2.75) is 84.2 Å². The summed E-state index contributed by atoms with van der Waals surface area (Å²) in [6.45, 7) is 4.59. The maximum absolute atomic E-state index is 12.5. The molecule has 0 aromatic rings. The number of carbonyl (C=O) groups excluding carboxylic acids is 2. The minimum Gasteiger partial charge on any atom is -0.481 e. The molecule has 0 aromatic carbocycles. The largest absolute Gasteiger partial charge is 0.481 e. The van der Waals surface area contributed by atoms with E-state index in [2.05, 4.69) is 19.9 Å². The Hall–Kier alpha value is -1.65. The molecule has 5 nitrogen and oxygen atoms in total. The van der Waals surface area contributed by atoms with Gasteiger partial charge in [0.05, 0.1) is 12.8 Å². The van der Waals surface area contributed by atoms with Crippen molar-refractivity contribution in [2.24, 2.45) is 28.6 Å². The molecule has 1 N–H and O–H groups in total. The monoisotopic (exact) mass is 388 g/mol. The van der Waals surface area contributed by atoms with Gasteiger partial charge in [-0.15, -0.1) is 0 Å². The van der Waals surface area contributed by atoms with Crippen LogP contribution in [0.3, 0.4) is 0 Å². The SMILES string of the molecule is C[C@]12CC[C@H](OC(=O)CCC(=O)O)CC1=CC[C@H]1[C@H]2CC[C@]2(C)C(=O)CC[C@@H]12. The Balaban J connectivity index is 1.46. The highest BCUT2D eigenvalue weighted by atomic mass is 16.5. The van der Waals surface area contributed by atoms with Gasteiger partial charge in [0.2, 0.25) is 0 Å². The normalized spacial score (nSPS) is 42.1. The highest BCUT2D eigenvalue weighted by Crippen LogP contribution is 2.64. The Bertz CT molecular complexity index is 725. The molecule has 4 aliphatic rings. The summed E-state index contributed by atoms with van der Waals surface area (Å²) < 4.78 is 5.58. The van der Waals surface area contributed by atoms with E-state index in [1.807, 2.05) is 0 Å². The minimum atomic E-state index is -0.969. The van der Waals surface area contributed by atoms with Crippen LogP contribution in [0.5, 0.6) is 0 Å². The van der Waals surface area contributed by atoms with Crippen molar-refractivity contribution >= 4 is 17.7 Å². The third kappa shape index (κ3) is 3.11. The lowest BCUT2D eigenvalue weighted by Crippen LogP contribution is -2.50. The molecule has 4 rings (SSSR count). The molecule has 0 spiro atoms. The zero-order valence-corrected chi connectivity index (χ0v) is 17.0. The number of carbonyl (C=O) groups is 3. The van der Waals surface area contributed by atoms with Gasteiger partial charge in [0, 0.05) is 18.3 Å². The van der Waals surface area contributed by atoms with E-state index in [-0.39, 0.29) is 29.8 Å². The molecule has 0 radical (unpaired) electrons. The van der Waals surface area contributed by atoms with Crippen LogP contribution in [0.25, 0.3) is 0 Å². The number of hydrogen-bond acceptors (Lipinski definition) is 4. The molecular weight excluding hydrogens is 356 g/mol. The second-order valence-electron chi connectivity index (χ2n) is 9.93. The lowest BCUT2D eigenvalue weighted by Gasteiger charge is -2.56. The van der Waals surface area contributed by atoms with Gasteiger partial charge >= 0.3 is 11.9 Å². The molecular formula is C23H32O5. The first kappa shape index (κ1) is 19.7. The summed E-state index contributed by atoms with van der Waals surface area (Å²) in [5, 5.41) is 8.73. The number of aliphatic carboxylic acids is 1. The van der Waals surface area contributed by atoms with Gasteiger partial charge in [-0.1, -0.05) is 25.5 Å². The molecule has 0 aromatic heterocycles. The molecule has 0 saturated heterocycles. The Morgan fingerprint density at radius 2 is 1.82 bits per heavy atom. The van der Waals surface area contributed by atoms with Gasteiger partial charge in [-0.2, -0.15) is 0 Å². The van der Waals surface area contributed by atoms with E-state index in [4.69, 9.17) is 9.84 Å². The number of rotatable bonds is 4. The number of esters is 1. The highest BCUT2D eigenvalue weighted by molar-refractivity contribution is 5.87. The van der Waals surface area contributed by atoms with Crippen LogP contribution in [0.15, 0.2) is 11.6 Å². The van der Waals surface area contributed by atoms with Crippen molar-refractivity contribution in [3.63, 3.8) is 0 Å². The first-order chi connectivity index (χ1) is 13.2. The van der Waals surface area contributed by atoms with Gasteiger partial charge in [0.15, 0.2) is 0 Å². The van der Waals surface area contributed by atoms with Crippen molar-refractivity contribution < 1.29 is 24.2 Å². The van der Waals surface area contributed by atoms with Gasteiger partial charge in [-0.05, 0) is 61.7 Å². The fraction of sp³-hybridized carbons (Fsp3) is 0.783. The zero-order chi connectivity index (χ0) is 20.1. The number of ether oxygens (including phenoxy) is 1. The Kier molecular flexibility index (Phi) is 4.91. The van der Waals surface area contributed by atoms with Crippen LogP contribution in [0.1, 0.15) is 78.1 Å². The van der Waals surface area contributed by atoms with Crippen LogP contribution >= 0.6 is 0 Å². The summed E-state index contributed by atoms with van der Waals surface area (Å²) in [6, 6.07) is 0. The van der Waals surface area contributed by atoms with E-state index in [0.717, 1.165) is 51.4 Å². The maximum atomic E-state index is 12.5. The van der Waals surface area contributed by atoms with Crippen LogP contribution in [-0.2, 0) is 19.1 Å². The van der Waals surface area contributed by atoms with Gasteiger partial charge in [0.25, 0.3) is 0 Å².